The summed E-state index contributed by atoms with van der Waals surface area (Å²) in [5, 5.41) is 0. The van der Waals surface area contributed by atoms with Crippen LogP contribution < -0.4 is 11.3 Å². The number of unbranched alkanes of at least 4 members (excludes halogenated alkanes) is 1. The molecule has 1 aromatic rings. The highest BCUT2D eigenvalue weighted by molar-refractivity contribution is 9.10. The largest absolute Gasteiger partial charge is 0.453 e. The molecule has 13 heavy (non-hydrogen) atoms. The van der Waals surface area contributed by atoms with Gasteiger partial charge in [-0.2, -0.15) is 0 Å². The number of rotatable bonds is 5. The first-order valence-electron chi connectivity index (χ1n) is 4.49. The number of furan rings is 1. The van der Waals surface area contributed by atoms with E-state index in [2.05, 4.69) is 28.3 Å². The molecule has 0 amide bonds. The maximum absolute atomic E-state index is 5.43. The zero-order valence-electron chi connectivity index (χ0n) is 7.72. The van der Waals surface area contributed by atoms with E-state index in [-0.39, 0.29) is 6.04 Å². The maximum Gasteiger partial charge on any atom is 0.169 e. The molecule has 0 saturated heterocycles. The number of hydrogen-bond acceptors (Lipinski definition) is 3. The molecule has 0 aliphatic heterocycles. The van der Waals surface area contributed by atoms with Crippen molar-refractivity contribution in [3.8, 4) is 0 Å². The van der Waals surface area contributed by atoms with Gasteiger partial charge in [0, 0.05) is 0 Å². The second-order valence-corrected chi connectivity index (χ2v) is 3.78. The molecule has 0 aliphatic carbocycles. The Kier molecular flexibility index (Phi) is 4.48. The van der Waals surface area contributed by atoms with E-state index in [4.69, 9.17) is 10.3 Å². The summed E-state index contributed by atoms with van der Waals surface area (Å²) in [5.41, 5.74) is 2.75. The fourth-order valence-corrected chi connectivity index (χ4v) is 1.55. The third kappa shape index (κ3) is 3.14. The van der Waals surface area contributed by atoms with Gasteiger partial charge in [0.15, 0.2) is 4.67 Å². The van der Waals surface area contributed by atoms with Crippen LogP contribution in [0.5, 0.6) is 0 Å². The molecule has 1 rings (SSSR count). The zero-order valence-corrected chi connectivity index (χ0v) is 9.30. The minimum atomic E-state index is 0.131. The van der Waals surface area contributed by atoms with Crippen LogP contribution in [-0.4, -0.2) is 0 Å². The summed E-state index contributed by atoms with van der Waals surface area (Å²) in [6, 6.07) is 3.95. The van der Waals surface area contributed by atoms with Crippen LogP contribution in [0.1, 0.15) is 38.0 Å². The zero-order chi connectivity index (χ0) is 9.68. The fourth-order valence-electron chi connectivity index (χ4n) is 1.23. The van der Waals surface area contributed by atoms with Crippen LogP contribution in [0.3, 0.4) is 0 Å². The summed E-state index contributed by atoms with van der Waals surface area (Å²) in [7, 11) is 0. The molecular weight excluding hydrogens is 232 g/mol. The lowest BCUT2D eigenvalue weighted by Gasteiger charge is -2.11. The van der Waals surface area contributed by atoms with Crippen LogP contribution in [-0.2, 0) is 0 Å². The summed E-state index contributed by atoms with van der Waals surface area (Å²) in [4.78, 5) is 0. The number of hydrazine groups is 1. The van der Waals surface area contributed by atoms with Gasteiger partial charge in [-0.3, -0.25) is 5.84 Å². The van der Waals surface area contributed by atoms with Crippen molar-refractivity contribution in [3.63, 3.8) is 0 Å². The van der Waals surface area contributed by atoms with Crippen LogP contribution >= 0.6 is 15.9 Å². The van der Waals surface area contributed by atoms with E-state index in [1.807, 2.05) is 12.1 Å². The van der Waals surface area contributed by atoms with E-state index >= 15 is 0 Å². The van der Waals surface area contributed by atoms with Crippen LogP contribution in [0.2, 0.25) is 0 Å². The van der Waals surface area contributed by atoms with Crippen molar-refractivity contribution in [1.29, 1.82) is 0 Å². The lowest BCUT2D eigenvalue weighted by Crippen LogP contribution is -2.27. The van der Waals surface area contributed by atoms with Gasteiger partial charge in [-0.15, -0.1) is 0 Å². The molecule has 1 atom stereocenters. The molecule has 0 bridgehead atoms. The number of halogens is 1. The Labute approximate surface area is 86.8 Å². The molecule has 4 heteroatoms. The minimum Gasteiger partial charge on any atom is -0.453 e. The average Bonchev–Trinajstić information content (AvgIpc) is 2.54. The van der Waals surface area contributed by atoms with Gasteiger partial charge in [0.2, 0.25) is 0 Å². The van der Waals surface area contributed by atoms with Crippen LogP contribution in [0.4, 0.5) is 0 Å². The Balaban J connectivity index is 2.56. The molecular formula is C9H15BrN2O. The van der Waals surface area contributed by atoms with E-state index in [9.17, 15) is 0 Å². The highest BCUT2D eigenvalue weighted by Gasteiger charge is 2.12. The molecule has 3 nitrogen and oxygen atoms in total. The molecule has 0 aromatic carbocycles. The first-order chi connectivity index (χ1) is 6.27. The van der Waals surface area contributed by atoms with E-state index < -0.39 is 0 Å². The number of nitrogens with one attached hydrogen (secondary N) is 1. The highest BCUT2D eigenvalue weighted by Crippen LogP contribution is 2.23. The summed E-state index contributed by atoms with van der Waals surface area (Å²) in [6.07, 6.45) is 3.32. The normalized spacial score (nSPS) is 13.2. The standard InChI is InChI=1S/C9H15BrN2O/c1-2-3-4-7(12-11)8-5-6-9(10)13-8/h5-7,12H,2-4,11H2,1H3. The summed E-state index contributed by atoms with van der Waals surface area (Å²) >= 11 is 3.26. The first kappa shape index (κ1) is 10.8. The summed E-state index contributed by atoms with van der Waals surface area (Å²) in [5.74, 6) is 6.32. The summed E-state index contributed by atoms with van der Waals surface area (Å²) < 4.78 is 6.16. The molecule has 0 aliphatic rings. The lowest BCUT2D eigenvalue weighted by atomic mass is 10.1. The highest BCUT2D eigenvalue weighted by atomic mass is 79.9. The van der Waals surface area contributed by atoms with Crippen molar-refractivity contribution in [2.24, 2.45) is 5.84 Å². The van der Waals surface area contributed by atoms with Crippen molar-refractivity contribution in [2.75, 3.05) is 0 Å². The quantitative estimate of drug-likeness (QED) is 0.621. The Morgan fingerprint density at radius 1 is 1.62 bits per heavy atom. The molecule has 3 N–H and O–H groups in total. The molecule has 1 aromatic heterocycles. The van der Waals surface area contributed by atoms with Gasteiger partial charge in [0.25, 0.3) is 0 Å². The SMILES string of the molecule is CCCCC(NN)c1ccc(Br)o1. The Morgan fingerprint density at radius 3 is 2.85 bits per heavy atom. The van der Waals surface area contributed by atoms with E-state index in [1.165, 1.54) is 6.42 Å². The Hall–Kier alpha value is -0.320. The number of nitrogens with two attached hydrogens (primary N) is 1. The first-order valence-corrected chi connectivity index (χ1v) is 5.28. The van der Waals surface area contributed by atoms with Crippen molar-refractivity contribution < 1.29 is 4.42 Å². The maximum atomic E-state index is 5.43. The van der Waals surface area contributed by atoms with Gasteiger partial charge in [0.05, 0.1) is 6.04 Å². The second kappa shape index (κ2) is 5.42. The molecule has 1 unspecified atom stereocenters. The molecule has 0 spiro atoms. The van der Waals surface area contributed by atoms with Gasteiger partial charge in [0.1, 0.15) is 5.76 Å². The predicted molar refractivity (Wildman–Crippen MR) is 56.0 cm³/mol. The third-order valence-corrected chi connectivity index (χ3v) is 2.41. The minimum absolute atomic E-state index is 0.131. The molecule has 1 heterocycles. The predicted octanol–water partition coefficient (Wildman–Crippen LogP) is 2.74. The Morgan fingerprint density at radius 2 is 2.38 bits per heavy atom. The van der Waals surface area contributed by atoms with Gasteiger partial charge in [-0.25, -0.2) is 5.43 Å². The topological polar surface area (TPSA) is 51.2 Å². The van der Waals surface area contributed by atoms with Crippen LogP contribution in [0, 0.1) is 0 Å². The molecule has 0 fully saturated rings. The van der Waals surface area contributed by atoms with Gasteiger partial charge in [-0.1, -0.05) is 19.8 Å². The van der Waals surface area contributed by atoms with Crippen molar-refractivity contribution in [2.45, 2.75) is 32.2 Å². The van der Waals surface area contributed by atoms with Crippen molar-refractivity contribution in [1.82, 2.24) is 5.43 Å². The van der Waals surface area contributed by atoms with E-state index in [0.717, 1.165) is 23.3 Å². The molecule has 74 valence electrons. The second-order valence-electron chi connectivity index (χ2n) is 3.00. The average molecular weight is 247 g/mol. The van der Waals surface area contributed by atoms with Crippen LogP contribution in [0.15, 0.2) is 21.2 Å². The smallest absolute Gasteiger partial charge is 0.169 e. The van der Waals surface area contributed by atoms with E-state index in [1.54, 1.807) is 0 Å². The van der Waals surface area contributed by atoms with Crippen molar-refractivity contribution >= 4 is 15.9 Å². The monoisotopic (exact) mass is 246 g/mol. The van der Waals surface area contributed by atoms with Gasteiger partial charge >= 0.3 is 0 Å². The van der Waals surface area contributed by atoms with E-state index in [0.29, 0.717) is 0 Å². The van der Waals surface area contributed by atoms with Gasteiger partial charge < -0.3 is 4.42 Å². The number of hydrogen-bond donors (Lipinski definition) is 2. The molecule has 0 radical (unpaired) electrons. The van der Waals surface area contributed by atoms with Crippen LogP contribution in [0.25, 0.3) is 0 Å². The van der Waals surface area contributed by atoms with Gasteiger partial charge in [-0.05, 0) is 34.5 Å². The summed E-state index contributed by atoms with van der Waals surface area (Å²) in [6.45, 7) is 2.16. The fraction of sp³-hybridized carbons (Fsp3) is 0.556. The van der Waals surface area contributed by atoms with Crippen molar-refractivity contribution in [3.05, 3.63) is 22.6 Å². The lowest BCUT2D eigenvalue weighted by molar-refractivity contribution is 0.384. The third-order valence-electron chi connectivity index (χ3n) is 1.98. The molecule has 0 saturated carbocycles. The Bertz CT molecular complexity index is 250.